The lowest BCUT2D eigenvalue weighted by molar-refractivity contribution is -0.137. The van der Waals surface area contributed by atoms with E-state index in [2.05, 4.69) is 0 Å². The molecule has 0 saturated heterocycles. The summed E-state index contributed by atoms with van der Waals surface area (Å²) in [5.74, 6) is -1.21. The number of alkyl halides is 3. The summed E-state index contributed by atoms with van der Waals surface area (Å²) in [5, 5.41) is 0. The summed E-state index contributed by atoms with van der Waals surface area (Å²) < 4.78 is 43.0. The number of amides is 1. The van der Waals surface area contributed by atoms with Crippen molar-refractivity contribution in [1.82, 2.24) is 0 Å². The average Bonchev–Trinajstić information content (AvgIpc) is 2.96. The van der Waals surface area contributed by atoms with E-state index in [4.69, 9.17) is 4.74 Å². The second-order valence-corrected chi connectivity index (χ2v) is 6.51. The zero-order chi connectivity index (χ0) is 19.8. The van der Waals surface area contributed by atoms with E-state index in [1.54, 1.807) is 4.90 Å². The minimum atomic E-state index is -4.48. The molecule has 27 heavy (non-hydrogen) atoms. The van der Waals surface area contributed by atoms with Crippen LogP contribution < -0.4 is 4.90 Å². The van der Waals surface area contributed by atoms with E-state index < -0.39 is 23.8 Å². The highest BCUT2D eigenvalue weighted by Crippen LogP contribution is 2.33. The molecule has 0 bridgehead atoms. The zero-order valence-electron chi connectivity index (χ0n) is 14.8. The number of carbonyl (C=O) groups excluding carboxylic acids is 2. The van der Waals surface area contributed by atoms with Gasteiger partial charge in [-0.05, 0) is 56.2 Å². The number of para-hydroxylation sites is 1. The molecule has 142 valence electrons. The molecule has 1 aliphatic heterocycles. The first-order chi connectivity index (χ1) is 12.7. The quantitative estimate of drug-likeness (QED) is 0.752. The fourth-order valence-electron chi connectivity index (χ4n) is 3.17. The molecule has 0 spiro atoms. The molecule has 3 rings (SSSR count). The highest BCUT2D eigenvalue weighted by molar-refractivity contribution is 6.00. The van der Waals surface area contributed by atoms with Gasteiger partial charge in [0.1, 0.15) is 0 Å². The number of anilines is 1. The zero-order valence-corrected chi connectivity index (χ0v) is 14.8. The normalized spacial score (nSPS) is 17.4. The molecule has 0 aromatic heterocycles. The second kappa shape index (κ2) is 7.06. The molecule has 0 fully saturated rings. The maximum absolute atomic E-state index is 12.8. The van der Waals surface area contributed by atoms with Crippen LogP contribution in [0, 0.1) is 0 Å². The Bertz CT molecular complexity index is 862. The standard InChI is InChI=1S/C20H18F3NO3/c1-12-11-15-5-3-4-6-17(15)24(12)18(25)13(2)27-19(26)14-7-9-16(10-8-14)20(21,22)23/h3-10,12-13H,11H2,1-2H3/t12-,13-/m0/s1. The van der Waals surface area contributed by atoms with Gasteiger partial charge in [0.25, 0.3) is 5.91 Å². The molecule has 2 atom stereocenters. The Balaban J connectivity index is 1.71. The number of rotatable bonds is 3. The fraction of sp³-hybridized carbons (Fsp3) is 0.300. The van der Waals surface area contributed by atoms with E-state index in [-0.39, 0.29) is 17.5 Å². The maximum Gasteiger partial charge on any atom is 0.416 e. The molecule has 1 heterocycles. The number of hydrogen-bond donors (Lipinski definition) is 0. The van der Waals surface area contributed by atoms with Gasteiger partial charge < -0.3 is 9.64 Å². The lowest BCUT2D eigenvalue weighted by atomic mass is 10.1. The number of nitrogens with zero attached hydrogens (tertiary/aromatic N) is 1. The van der Waals surface area contributed by atoms with Gasteiger partial charge in [0.2, 0.25) is 0 Å². The second-order valence-electron chi connectivity index (χ2n) is 6.51. The summed E-state index contributed by atoms with van der Waals surface area (Å²) in [7, 11) is 0. The highest BCUT2D eigenvalue weighted by atomic mass is 19.4. The molecule has 2 aromatic carbocycles. The third-order valence-corrected chi connectivity index (χ3v) is 4.52. The van der Waals surface area contributed by atoms with Crippen LogP contribution in [0.5, 0.6) is 0 Å². The molecule has 0 unspecified atom stereocenters. The number of benzene rings is 2. The van der Waals surface area contributed by atoms with Crippen molar-refractivity contribution >= 4 is 17.6 Å². The summed E-state index contributed by atoms with van der Waals surface area (Å²) in [4.78, 5) is 26.6. The van der Waals surface area contributed by atoms with Gasteiger partial charge in [-0.15, -0.1) is 0 Å². The minimum Gasteiger partial charge on any atom is -0.449 e. The molecule has 1 amide bonds. The molecular weight excluding hydrogens is 359 g/mol. The predicted molar refractivity (Wildman–Crippen MR) is 93.4 cm³/mol. The summed E-state index contributed by atoms with van der Waals surface area (Å²) in [6, 6.07) is 11.1. The van der Waals surface area contributed by atoms with Gasteiger partial charge >= 0.3 is 12.1 Å². The summed E-state index contributed by atoms with van der Waals surface area (Å²) in [5.41, 5.74) is 0.926. The maximum atomic E-state index is 12.8. The molecule has 7 heteroatoms. The summed E-state index contributed by atoms with van der Waals surface area (Å²) in [6.45, 7) is 3.36. The van der Waals surface area contributed by atoms with Crippen molar-refractivity contribution in [2.75, 3.05) is 4.90 Å². The lowest BCUT2D eigenvalue weighted by Crippen LogP contribution is -2.43. The third kappa shape index (κ3) is 3.82. The van der Waals surface area contributed by atoms with Gasteiger partial charge in [0.15, 0.2) is 6.10 Å². The van der Waals surface area contributed by atoms with Crippen molar-refractivity contribution < 1.29 is 27.5 Å². The molecule has 2 aromatic rings. The van der Waals surface area contributed by atoms with Crippen molar-refractivity contribution in [3.8, 4) is 0 Å². The minimum absolute atomic E-state index is 0.0440. The van der Waals surface area contributed by atoms with Gasteiger partial charge in [0.05, 0.1) is 11.1 Å². The highest BCUT2D eigenvalue weighted by Gasteiger charge is 2.35. The summed E-state index contributed by atoms with van der Waals surface area (Å²) in [6.07, 6.45) is -4.83. The van der Waals surface area contributed by atoms with E-state index >= 15 is 0 Å². The number of carbonyl (C=O) groups is 2. The Kier molecular flexibility index (Phi) is 4.95. The number of esters is 1. The third-order valence-electron chi connectivity index (χ3n) is 4.52. The van der Waals surface area contributed by atoms with Gasteiger partial charge in [0, 0.05) is 11.7 Å². The number of hydrogen-bond acceptors (Lipinski definition) is 3. The van der Waals surface area contributed by atoms with E-state index in [0.29, 0.717) is 6.42 Å². The van der Waals surface area contributed by atoms with Crippen molar-refractivity contribution in [2.45, 2.75) is 38.6 Å². The predicted octanol–water partition coefficient (Wildman–Crippen LogP) is 4.23. The first-order valence-corrected chi connectivity index (χ1v) is 8.47. The van der Waals surface area contributed by atoms with E-state index in [1.165, 1.54) is 6.92 Å². The molecule has 0 N–H and O–H groups in total. The smallest absolute Gasteiger partial charge is 0.416 e. The average molecular weight is 377 g/mol. The van der Waals surface area contributed by atoms with Crippen molar-refractivity contribution in [1.29, 1.82) is 0 Å². The number of fused-ring (bicyclic) bond motifs is 1. The van der Waals surface area contributed by atoms with Crippen LogP contribution in [0.3, 0.4) is 0 Å². The van der Waals surface area contributed by atoms with Crippen LogP contribution in [0.25, 0.3) is 0 Å². The first kappa shape index (κ1) is 18.9. The Labute approximate surface area is 154 Å². The van der Waals surface area contributed by atoms with Crippen LogP contribution in [0.4, 0.5) is 18.9 Å². The topological polar surface area (TPSA) is 46.6 Å². The van der Waals surface area contributed by atoms with Crippen LogP contribution in [-0.4, -0.2) is 24.0 Å². The van der Waals surface area contributed by atoms with Crippen molar-refractivity contribution in [2.24, 2.45) is 0 Å². The Morgan fingerprint density at radius 1 is 1.11 bits per heavy atom. The van der Waals surface area contributed by atoms with Crippen LogP contribution in [0.1, 0.15) is 35.3 Å². The van der Waals surface area contributed by atoms with Crippen LogP contribution >= 0.6 is 0 Å². The molecular formula is C20H18F3NO3. The summed E-state index contributed by atoms with van der Waals surface area (Å²) >= 11 is 0. The van der Waals surface area contributed by atoms with Gasteiger partial charge in [-0.25, -0.2) is 4.79 Å². The van der Waals surface area contributed by atoms with Gasteiger partial charge in [-0.3, -0.25) is 4.79 Å². The van der Waals surface area contributed by atoms with E-state index in [9.17, 15) is 22.8 Å². The fourth-order valence-corrected chi connectivity index (χ4v) is 3.17. The number of halogens is 3. The SMILES string of the molecule is C[C@H](OC(=O)c1ccc(C(F)(F)F)cc1)C(=O)N1c2ccccc2C[C@@H]1C. The Hall–Kier alpha value is -2.83. The first-order valence-electron chi connectivity index (χ1n) is 8.47. The van der Waals surface area contributed by atoms with Gasteiger partial charge in [-0.2, -0.15) is 13.2 Å². The monoisotopic (exact) mass is 377 g/mol. The van der Waals surface area contributed by atoms with Crippen LogP contribution in [0.2, 0.25) is 0 Å². The van der Waals surface area contributed by atoms with Crippen molar-refractivity contribution in [3.05, 3.63) is 65.2 Å². The number of ether oxygens (including phenoxy) is 1. The molecule has 0 radical (unpaired) electrons. The largest absolute Gasteiger partial charge is 0.449 e. The van der Waals surface area contributed by atoms with Crippen molar-refractivity contribution in [3.63, 3.8) is 0 Å². The van der Waals surface area contributed by atoms with Gasteiger partial charge in [-0.1, -0.05) is 18.2 Å². The Morgan fingerprint density at radius 2 is 1.74 bits per heavy atom. The van der Waals surface area contributed by atoms with E-state index in [1.807, 2.05) is 31.2 Å². The molecule has 4 nitrogen and oxygen atoms in total. The van der Waals surface area contributed by atoms with Crippen LogP contribution in [0.15, 0.2) is 48.5 Å². The molecule has 0 aliphatic carbocycles. The molecule has 0 saturated carbocycles. The molecule has 1 aliphatic rings. The lowest BCUT2D eigenvalue weighted by Gasteiger charge is -2.26. The van der Waals surface area contributed by atoms with Crippen LogP contribution in [-0.2, 0) is 22.1 Å². The van der Waals surface area contributed by atoms with E-state index in [0.717, 1.165) is 35.5 Å². The Morgan fingerprint density at radius 3 is 2.37 bits per heavy atom.